The Morgan fingerprint density at radius 1 is 1.26 bits per heavy atom. The number of hydrogen-bond donors (Lipinski definition) is 2. The van der Waals surface area contributed by atoms with Crippen LogP contribution < -0.4 is 14.5 Å². The van der Waals surface area contributed by atoms with Crippen molar-refractivity contribution in [3.8, 4) is 26.9 Å². The molecule has 3 rings (SSSR count). The molecule has 2 aromatic heterocycles. The Balaban J connectivity index is 1.80. The van der Waals surface area contributed by atoms with Gasteiger partial charge in [0, 0.05) is 36.5 Å². The lowest BCUT2D eigenvalue weighted by atomic mass is 10.2. The summed E-state index contributed by atoms with van der Waals surface area (Å²) >= 11 is 13.1. The molecule has 166 valence electrons. The van der Waals surface area contributed by atoms with Crippen molar-refractivity contribution in [3.63, 3.8) is 0 Å². The quantitative estimate of drug-likeness (QED) is 0.434. The number of ether oxygens (including phenoxy) is 1. The van der Waals surface area contributed by atoms with Crippen LogP contribution >= 0.6 is 34.7 Å². The fourth-order valence-electron chi connectivity index (χ4n) is 2.55. The zero-order chi connectivity index (χ0) is 22.5. The summed E-state index contributed by atoms with van der Waals surface area (Å²) in [7, 11) is 1.98. The Morgan fingerprint density at radius 2 is 2.00 bits per heavy atom. The summed E-state index contributed by atoms with van der Waals surface area (Å²) in [5.41, 5.74) is 1.22. The van der Waals surface area contributed by atoms with Crippen molar-refractivity contribution < 1.29 is 14.2 Å². The van der Waals surface area contributed by atoms with Gasteiger partial charge in [0.15, 0.2) is 11.6 Å². The minimum atomic E-state index is -0.606. The predicted molar refractivity (Wildman–Crippen MR) is 122 cm³/mol. The number of nitrogens with zero attached hydrogens (tertiary/aromatic N) is 4. The van der Waals surface area contributed by atoms with Gasteiger partial charge in [-0.15, -0.1) is 10.2 Å². The maximum Gasteiger partial charge on any atom is 0.165 e. The molecule has 2 heterocycles. The first kappa shape index (κ1) is 23.6. The lowest BCUT2D eigenvalue weighted by molar-refractivity contribution is 0.194. The van der Waals surface area contributed by atoms with Crippen molar-refractivity contribution in [1.82, 2.24) is 20.0 Å². The monoisotopic (exact) mass is 485 g/mol. The van der Waals surface area contributed by atoms with Crippen molar-refractivity contribution in [2.24, 2.45) is 0 Å². The van der Waals surface area contributed by atoms with E-state index in [9.17, 15) is 4.39 Å². The van der Waals surface area contributed by atoms with Gasteiger partial charge >= 0.3 is 0 Å². The second-order valence-electron chi connectivity index (χ2n) is 7.08. The Morgan fingerprint density at radius 3 is 2.61 bits per heavy atom. The van der Waals surface area contributed by atoms with Crippen LogP contribution in [0, 0.1) is 5.82 Å². The summed E-state index contributed by atoms with van der Waals surface area (Å²) in [6, 6.07) is 6.26. The number of rotatable bonds is 9. The molecule has 3 aromatic rings. The standard InChI is InChI=1S/C20H22Cl2FN5O2S/c1-11(2)28(3)18-5-4-12(8-24-18)19-26-27-20(31-19)14-6-16(23)17(7-15(14)21)30-10-13(9-29)25-22/h4-8,11,13,25,29H,9-10H2,1-3H3. The minimum absolute atomic E-state index is 0.0233. The highest BCUT2D eigenvalue weighted by Crippen LogP contribution is 2.37. The number of benzene rings is 1. The van der Waals surface area contributed by atoms with Crippen LogP contribution in [0.2, 0.25) is 5.02 Å². The van der Waals surface area contributed by atoms with Crippen LogP contribution in [0.15, 0.2) is 30.5 Å². The summed E-state index contributed by atoms with van der Waals surface area (Å²) in [5.74, 6) is 0.208. The van der Waals surface area contributed by atoms with Gasteiger partial charge in [0.2, 0.25) is 0 Å². The third kappa shape index (κ3) is 5.61. The van der Waals surface area contributed by atoms with Gasteiger partial charge in [-0.05, 0) is 43.8 Å². The van der Waals surface area contributed by atoms with E-state index in [2.05, 4.69) is 38.8 Å². The van der Waals surface area contributed by atoms with E-state index >= 15 is 0 Å². The molecule has 1 atom stereocenters. The number of pyridine rings is 1. The highest BCUT2D eigenvalue weighted by Gasteiger charge is 2.17. The highest BCUT2D eigenvalue weighted by atomic mass is 35.5. The lowest BCUT2D eigenvalue weighted by Crippen LogP contribution is -2.32. The SMILES string of the molecule is CC(C)N(C)c1ccc(-c2nnc(-c3cc(F)c(OCC(CO)NCl)cc3Cl)s2)cn1. The molecule has 1 aromatic carbocycles. The average molecular weight is 486 g/mol. The van der Waals surface area contributed by atoms with Gasteiger partial charge in [-0.3, -0.25) is 0 Å². The summed E-state index contributed by atoms with van der Waals surface area (Å²) < 4.78 is 19.9. The van der Waals surface area contributed by atoms with Gasteiger partial charge < -0.3 is 14.7 Å². The van der Waals surface area contributed by atoms with Crippen LogP contribution in [0.5, 0.6) is 5.75 Å². The Bertz CT molecular complexity index is 1020. The maximum atomic E-state index is 14.5. The molecule has 0 spiro atoms. The lowest BCUT2D eigenvalue weighted by Gasteiger charge is -2.22. The molecule has 0 fully saturated rings. The third-order valence-corrected chi connectivity index (χ3v) is 6.25. The number of halogens is 3. The van der Waals surface area contributed by atoms with Crippen LogP contribution in [-0.4, -0.2) is 52.6 Å². The third-order valence-electron chi connectivity index (χ3n) is 4.62. The zero-order valence-corrected chi connectivity index (χ0v) is 19.5. The summed E-state index contributed by atoms with van der Waals surface area (Å²) in [5, 5.41) is 18.9. The molecule has 7 nitrogen and oxygen atoms in total. The molecular formula is C20H22Cl2FN5O2S. The number of nitrogens with one attached hydrogen (secondary N) is 1. The smallest absolute Gasteiger partial charge is 0.165 e. The molecule has 0 aliphatic carbocycles. The fourth-order valence-corrected chi connectivity index (χ4v) is 3.84. The Kier molecular flexibility index (Phi) is 8.01. The molecule has 11 heteroatoms. The van der Waals surface area contributed by atoms with E-state index in [1.165, 1.54) is 23.5 Å². The molecule has 0 radical (unpaired) electrons. The summed E-state index contributed by atoms with van der Waals surface area (Å²) in [4.78, 5) is 8.89. The van der Waals surface area contributed by atoms with Crippen LogP contribution in [0.3, 0.4) is 0 Å². The van der Waals surface area contributed by atoms with E-state index in [1.807, 2.05) is 19.2 Å². The normalized spacial score (nSPS) is 12.3. The molecule has 1 unspecified atom stereocenters. The molecular weight excluding hydrogens is 464 g/mol. The summed E-state index contributed by atoms with van der Waals surface area (Å²) in [6.45, 7) is 3.90. The minimum Gasteiger partial charge on any atom is -0.489 e. The van der Waals surface area contributed by atoms with E-state index < -0.39 is 11.9 Å². The van der Waals surface area contributed by atoms with Gasteiger partial charge in [-0.1, -0.05) is 22.9 Å². The molecule has 0 aliphatic heterocycles. The predicted octanol–water partition coefficient (Wildman–Crippen LogP) is 4.39. The van der Waals surface area contributed by atoms with Crippen molar-refractivity contribution in [3.05, 3.63) is 41.3 Å². The van der Waals surface area contributed by atoms with Crippen LogP contribution in [0.1, 0.15) is 13.8 Å². The molecule has 2 N–H and O–H groups in total. The summed E-state index contributed by atoms with van der Waals surface area (Å²) in [6.07, 6.45) is 1.74. The molecule has 0 aliphatic rings. The topological polar surface area (TPSA) is 83.4 Å². The van der Waals surface area contributed by atoms with E-state index in [0.29, 0.717) is 21.6 Å². The van der Waals surface area contributed by atoms with Crippen molar-refractivity contribution in [2.75, 3.05) is 25.2 Å². The van der Waals surface area contributed by atoms with Gasteiger partial charge in [0.1, 0.15) is 22.4 Å². The van der Waals surface area contributed by atoms with Gasteiger partial charge in [-0.25, -0.2) is 14.2 Å². The first-order valence-corrected chi connectivity index (χ1v) is 11.0. The maximum absolute atomic E-state index is 14.5. The second kappa shape index (κ2) is 10.5. The number of anilines is 1. The molecule has 31 heavy (non-hydrogen) atoms. The molecule has 0 saturated heterocycles. The van der Waals surface area contributed by atoms with Crippen molar-refractivity contribution in [2.45, 2.75) is 25.9 Å². The van der Waals surface area contributed by atoms with Crippen LogP contribution in [0.4, 0.5) is 10.2 Å². The average Bonchev–Trinajstić information content (AvgIpc) is 3.26. The van der Waals surface area contributed by atoms with E-state index in [4.69, 9.17) is 33.2 Å². The fraction of sp³-hybridized carbons (Fsp3) is 0.350. The van der Waals surface area contributed by atoms with Crippen molar-refractivity contribution >= 4 is 40.5 Å². The number of aromatic nitrogens is 3. The van der Waals surface area contributed by atoms with Gasteiger partial charge in [0.05, 0.1) is 17.7 Å². The van der Waals surface area contributed by atoms with E-state index in [1.54, 1.807) is 6.20 Å². The highest BCUT2D eigenvalue weighted by molar-refractivity contribution is 7.18. The first-order valence-electron chi connectivity index (χ1n) is 9.46. The number of hydrogen-bond acceptors (Lipinski definition) is 8. The van der Waals surface area contributed by atoms with Gasteiger partial charge in [-0.2, -0.15) is 0 Å². The first-order chi connectivity index (χ1) is 14.8. The van der Waals surface area contributed by atoms with Crippen LogP contribution in [-0.2, 0) is 0 Å². The Hall–Kier alpha value is -2.04. The van der Waals surface area contributed by atoms with Gasteiger partial charge in [0.25, 0.3) is 0 Å². The van der Waals surface area contributed by atoms with E-state index in [0.717, 1.165) is 11.4 Å². The van der Waals surface area contributed by atoms with Crippen LogP contribution in [0.25, 0.3) is 21.1 Å². The zero-order valence-electron chi connectivity index (χ0n) is 17.1. The number of aliphatic hydroxyl groups is 1. The second-order valence-corrected chi connectivity index (χ2v) is 8.69. The van der Waals surface area contributed by atoms with E-state index in [-0.39, 0.29) is 24.0 Å². The van der Waals surface area contributed by atoms with Crippen molar-refractivity contribution in [1.29, 1.82) is 0 Å². The number of aliphatic hydroxyl groups excluding tert-OH is 1. The molecule has 0 saturated carbocycles. The molecule has 0 amide bonds. The Labute approximate surface area is 193 Å². The largest absolute Gasteiger partial charge is 0.489 e. The molecule has 0 bridgehead atoms.